The highest BCUT2D eigenvalue weighted by Gasteiger charge is 2.01. The summed E-state index contributed by atoms with van der Waals surface area (Å²) in [6.45, 7) is 0. The number of benzene rings is 1. The third kappa shape index (κ3) is 2.37. The van der Waals surface area contributed by atoms with Gasteiger partial charge in [-0.05, 0) is 12.1 Å². The molecule has 4 nitrogen and oxygen atoms in total. The molecule has 0 bridgehead atoms. The lowest BCUT2D eigenvalue weighted by atomic mass is 10.3. The van der Waals surface area contributed by atoms with Crippen LogP contribution in [0.2, 0.25) is 5.02 Å². The largest absolute Gasteiger partial charge is 0.397 e. The molecule has 1 unspecified atom stereocenters. The first kappa shape index (κ1) is 9.31. The molecule has 3 N–H and O–H groups in total. The van der Waals surface area contributed by atoms with Crippen molar-refractivity contribution in [2.75, 3.05) is 5.73 Å². The summed E-state index contributed by atoms with van der Waals surface area (Å²) >= 11 is 3.27. The van der Waals surface area contributed by atoms with Gasteiger partial charge in [-0.1, -0.05) is 11.6 Å². The fourth-order valence-electron chi connectivity index (χ4n) is 0.656. The van der Waals surface area contributed by atoms with Crippen LogP contribution < -0.4 is 9.92 Å². The van der Waals surface area contributed by atoms with Crippen LogP contribution in [0.5, 0.6) is 5.75 Å². The molecular formula is C6H6ClNO3S. The van der Waals surface area contributed by atoms with Gasteiger partial charge in [0.25, 0.3) is 0 Å². The standard InChI is InChI=1S/C6H6ClNO3S/c7-5-2-1-4(3-6(5)8)11-12(9)10/h1-3H,8H2,(H,9,10). The van der Waals surface area contributed by atoms with E-state index in [1.165, 1.54) is 18.2 Å². The summed E-state index contributed by atoms with van der Waals surface area (Å²) in [4.78, 5) is 0. The topological polar surface area (TPSA) is 72.5 Å². The molecule has 0 aliphatic carbocycles. The van der Waals surface area contributed by atoms with Crippen molar-refractivity contribution in [2.45, 2.75) is 0 Å². The second kappa shape index (κ2) is 3.75. The van der Waals surface area contributed by atoms with Gasteiger partial charge < -0.3 is 9.92 Å². The summed E-state index contributed by atoms with van der Waals surface area (Å²) < 4.78 is 23.0. The van der Waals surface area contributed by atoms with Crippen molar-refractivity contribution in [2.24, 2.45) is 0 Å². The van der Waals surface area contributed by atoms with Gasteiger partial charge in [0.05, 0.1) is 10.7 Å². The zero-order chi connectivity index (χ0) is 9.14. The molecule has 0 radical (unpaired) electrons. The van der Waals surface area contributed by atoms with Crippen molar-refractivity contribution in [3.05, 3.63) is 23.2 Å². The molecular weight excluding hydrogens is 202 g/mol. The summed E-state index contributed by atoms with van der Waals surface area (Å²) in [5, 5.41) is 0.381. The van der Waals surface area contributed by atoms with E-state index in [1.54, 1.807) is 0 Å². The highest BCUT2D eigenvalue weighted by molar-refractivity contribution is 7.74. The number of nitrogen functional groups attached to an aromatic ring is 1. The maximum atomic E-state index is 10.2. The Bertz CT molecular complexity index is 318. The van der Waals surface area contributed by atoms with Crippen molar-refractivity contribution < 1.29 is 12.9 Å². The van der Waals surface area contributed by atoms with Crippen LogP contribution >= 0.6 is 11.6 Å². The van der Waals surface area contributed by atoms with Crippen LogP contribution in [0.15, 0.2) is 18.2 Å². The van der Waals surface area contributed by atoms with Crippen molar-refractivity contribution >= 4 is 28.6 Å². The lowest BCUT2D eigenvalue weighted by molar-refractivity contribution is 0.458. The van der Waals surface area contributed by atoms with Gasteiger partial charge in [-0.15, -0.1) is 0 Å². The molecule has 1 aromatic rings. The number of rotatable bonds is 2. The number of hydrogen-bond donors (Lipinski definition) is 2. The molecule has 0 saturated heterocycles. The van der Waals surface area contributed by atoms with E-state index in [1.807, 2.05) is 0 Å². The van der Waals surface area contributed by atoms with E-state index in [0.29, 0.717) is 10.7 Å². The molecule has 0 amide bonds. The van der Waals surface area contributed by atoms with E-state index >= 15 is 0 Å². The Kier molecular flexibility index (Phi) is 2.91. The molecule has 0 aliphatic heterocycles. The Balaban J connectivity index is 2.89. The van der Waals surface area contributed by atoms with Crippen LogP contribution in [0, 0.1) is 0 Å². The summed E-state index contributed by atoms with van der Waals surface area (Å²) in [7, 11) is 0. The first-order valence-corrected chi connectivity index (χ1v) is 4.35. The van der Waals surface area contributed by atoms with Crippen LogP contribution in [0.4, 0.5) is 5.69 Å². The zero-order valence-electron chi connectivity index (χ0n) is 5.86. The first-order valence-electron chi connectivity index (χ1n) is 2.94. The Labute approximate surface area is 76.8 Å². The lowest BCUT2D eigenvalue weighted by Gasteiger charge is -2.01. The molecule has 0 saturated carbocycles. The molecule has 6 heteroatoms. The quantitative estimate of drug-likeness (QED) is 0.569. The van der Waals surface area contributed by atoms with Gasteiger partial charge in [0.1, 0.15) is 5.75 Å². The van der Waals surface area contributed by atoms with Gasteiger partial charge in [-0.3, -0.25) is 4.55 Å². The predicted molar refractivity (Wildman–Crippen MR) is 47.3 cm³/mol. The molecule has 0 heterocycles. The molecule has 1 rings (SSSR count). The molecule has 12 heavy (non-hydrogen) atoms. The normalized spacial score (nSPS) is 12.5. The van der Waals surface area contributed by atoms with E-state index in [-0.39, 0.29) is 5.75 Å². The zero-order valence-corrected chi connectivity index (χ0v) is 7.43. The maximum absolute atomic E-state index is 10.2. The SMILES string of the molecule is Nc1cc(OS(=O)O)ccc1Cl. The fraction of sp³-hybridized carbons (Fsp3) is 0. The molecule has 0 fully saturated rings. The van der Waals surface area contributed by atoms with Crippen molar-refractivity contribution in [3.63, 3.8) is 0 Å². The van der Waals surface area contributed by atoms with Gasteiger partial charge in [-0.25, -0.2) is 0 Å². The number of anilines is 1. The average Bonchev–Trinajstić information content (AvgIpc) is 1.96. The molecule has 66 valence electrons. The Hall–Kier alpha value is -0.780. The van der Waals surface area contributed by atoms with Gasteiger partial charge in [0, 0.05) is 6.07 Å². The van der Waals surface area contributed by atoms with Gasteiger partial charge in [0.2, 0.25) is 0 Å². The summed E-state index contributed by atoms with van der Waals surface area (Å²) in [5.74, 6) is 0.206. The van der Waals surface area contributed by atoms with Gasteiger partial charge >= 0.3 is 11.4 Å². The van der Waals surface area contributed by atoms with Crippen LogP contribution in [0.1, 0.15) is 0 Å². The summed E-state index contributed by atoms with van der Waals surface area (Å²) in [6.07, 6.45) is 0. The Morgan fingerprint density at radius 2 is 2.25 bits per heavy atom. The maximum Gasteiger partial charge on any atom is 0.357 e. The molecule has 0 aromatic heterocycles. The minimum atomic E-state index is -2.33. The number of hydrogen-bond acceptors (Lipinski definition) is 3. The predicted octanol–water partition coefficient (Wildman–Crippen LogP) is 1.44. The smallest absolute Gasteiger partial charge is 0.357 e. The summed E-state index contributed by atoms with van der Waals surface area (Å²) in [5.41, 5.74) is 5.71. The van der Waals surface area contributed by atoms with E-state index in [9.17, 15) is 4.21 Å². The fourth-order valence-corrected chi connectivity index (χ4v) is 1.04. The van der Waals surface area contributed by atoms with Gasteiger partial charge in [-0.2, -0.15) is 4.21 Å². The number of halogens is 1. The van der Waals surface area contributed by atoms with Crippen LogP contribution in [0.25, 0.3) is 0 Å². The first-order chi connectivity index (χ1) is 5.59. The molecule has 0 aliphatic rings. The minimum Gasteiger partial charge on any atom is -0.397 e. The highest BCUT2D eigenvalue weighted by atomic mass is 35.5. The number of nitrogens with two attached hydrogens (primary N) is 1. The van der Waals surface area contributed by atoms with Gasteiger partial charge in [0.15, 0.2) is 0 Å². The average molecular weight is 208 g/mol. The Morgan fingerprint density at radius 1 is 1.58 bits per heavy atom. The second-order valence-corrected chi connectivity index (χ2v) is 2.99. The molecule has 0 spiro atoms. The summed E-state index contributed by atoms with van der Waals surface area (Å²) in [6, 6.07) is 4.31. The van der Waals surface area contributed by atoms with E-state index < -0.39 is 11.4 Å². The second-order valence-electron chi connectivity index (χ2n) is 1.98. The van der Waals surface area contributed by atoms with Crippen LogP contribution in [-0.2, 0) is 11.4 Å². The van der Waals surface area contributed by atoms with E-state index in [2.05, 4.69) is 4.18 Å². The van der Waals surface area contributed by atoms with Crippen LogP contribution in [0.3, 0.4) is 0 Å². The highest BCUT2D eigenvalue weighted by Crippen LogP contribution is 2.23. The monoisotopic (exact) mass is 207 g/mol. The molecule has 1 atom stereocenters. The van der Waals surface area contributed by atoms with Crippen LogP contribution in [-0.4, -0.2) is 8.76 Å². The van der Waals surface area contributed by atoms with Crippen molar-refractivity contribution in [1.82, 2.24) is 0 Å². The lowest BCUT2D eigenvalue weighted by Crippen LogP contribution is -1.98. The van der Waals surface area contributed by atoms with E-state index in [0.717, 1.165) is 0 Å². The minimum absolute atomic E-state index is 0.206. The third-order valence-corrected chi connectivity index (χ3v) is 1.81. The Morgan fingerprint density at radius 3 is 2.75 bits per heavy atom. The van der Waals surface area contributed by atoms with Crippen molar-refractivity contribution in [1.29, 1.82) is 0 Å². The third-order valence-electron chi connectivity index (χ3n) is 1.13. The molecule has 1 aromatic carbocycles. The van der Waals surface area contributed by atoms with Crippen molar-refractivity contribution in [3.8, 4) is 5.75 Å². The van der Waals surface area contributed by atoms with E-state index in [4.69, 9.17) is 21.9 Å².